The van der Waals surface area contributed by atoms with Crippen LogP contribution in [0.25, 0.3) is 0 Å². The second-order valence-corrected chi connectivity index (χ2v) is 6.65. The van der Waals surface area contributed by atoms with Crippen molar-refractivity contribution in [2.75, 3.05) is 5.32 Å². The SMILES string of the molecule is Cc1cc(C)c(NC(=O)CC(c2ccccc2)c2nnc(C)o2)c(C)c1. The predicted molar refractivity (Wildman–Crippen MR) is 101 cm³/mol. The smallest absolute Gasteiger partial charge is 0.225 e. The number of carbonyl (C=O) groups is 1. The van der Waals surface area contributed by atoms with Crippen LogP contribution in [0.2, 0.25) is 0 Å². The molecule has 0 saturated carbocycles. The highest BCUT2D eigenvalue weighted by Gasteiger charge is 2.24. The first kappa shape index (κ1) is 17.9. The Morgan fingerprint density at radius 3 is 2.27 bits per heavy atom. The van der Waals surface area contributed by atoms with Crippen LogP contribution in [-0.4, -0.2) is 16.1 Å². The number of amides is 1. The van der Waals surface area contributed by atoms with Crippen molar-refractivity contribution in [3.63, 3.8) is 0 Å². The van der Waals surface area contributed by atoms with Gasteiger partial charge in [0.05, 0.1) is 5.92 Å². The van der Waals surface area contributed by atoms with Gasteiger partial charge in [-0.05, 0) is 37.5 Å². The molecule has 1 unspecified atom stereocenters. The zero-order chi connectivity index (χ0) is 18.7. The molecule has 3 rings (SSSR count). The van der Waals surface area contributed by atoms with Crippen LogP contribution < -0.4 is 5.32 Å². The lowest BCUT2D eigenvalue weighted by Crippen LogP contribution is -2.18. The van der Waals surface area contributed by atoms with E-state index in [0.717, 1.165) is 22.4 Å². The Balaban J connectivity index is 1.84. The summed E-state index contributed by atoms with van der Waals surface area (Å²) in [6, 6.07) is 13.9. The van der Waals surface area contributed by atoms with Gasteiger partial charge in [-0.2, -0.15) is 0 Å². The minimum atomic E-state index is -0.275. The summed E-state index contributed by atoms with van der Waals surface area (Å²) in [5.74, 6) is 0.598. The van der Waals surface area contributed by atoms with E-state index in [-0.39, 0.29) is 18.2 Å². The maximum atomic E-state index is 12.8. The van der Waals surface area contributed by atoms with Gasteiger partial charge in [0.2, 0.25) is 17.7 Å². The molecule has 5 nitrogen and oxygen atoms in total. The Kier molecular flexibility index (Phi) is 5.16. The Morgan fingerprint density at radius 1 is 1.04 bits per heavy atom. The van der Waals surface area contributed by atoms with E-state index >= 15 is 0 Å². The van der Waals surface area contributed by atoms with Gasteiger partial charge in [0, 0.05) is 19.0 Å². The van der Waals surface area contributed by atoms with Crippen LogP contribution in [0.1, 0.15) is 46.4 Å². The van der Waals surface area contributed by atoms with Crippen LogP contribution in [0.15, 0.2) is 46.9 Å². The Labute approximate surface area is 153 Å². The average molecular weight is 349 g/mol. The molecule has 0 aliphatic carbocycles. The molecule has 0 spiro atoms. The molecule has 5 heteroatoms. The lowest BCUT2D eigenvalue weighted by atomic mass is 9.95. The van der Waals surface area contributed by atoms with Gasteiger partial charge < -0.3 is 9.73 Å². The standard InChI is InChI=1S/C21H23N3O2/c1-13-10-14(2)20(15(3)11-13)22-19(25)12-18(17-8-6-5-7-9-17)21-24-23-16(4)26-21/h5-11,18H,12H2,1-4H3,(H,22,25). The van der Waals surface area contributed by atoms with Gasteiger partial charge in [-0.25, -0.2) is 0 Å². The summed E-state index contributed by atoms with van der Waals surface area (Å²) < 4.78 is 5.61. The fourth-order valence-electron chi connectivity index (χ4n) is 3.24. The van der Waals surface area contributed by atoms with Crippen LogP contribution in [0.3, 0.4) is 0 Å². The van der Waals surface area contributed by atoms with Gasteiger partial charge in [-0.3, -0.25) is 4.79 Å². The van der Waals surface area contributed by atoms with Gasteiger partial charge in [-0.15, -0.1) is 10.2 Å². The number of anilines is 1. The first-order chi connectivity index (χ1) is 12.4. The molecule has 1 heterocycles. The van der Waals surface area contributed by atoms with Crippen molar-refractivity contribution in [2.24, 2.45) is 0 Å². The quantitative estimate of drug-likeness (QED) is 0.738. The molecule has 3 aromatic rings. The minimum absolute atomic E-state index is 0.0789. The Morgan fingerprint density at radius 2 is 1.69 bits per heavy atom. The molecule has 2 aromatic carbocycles. The van der Waals surface area contributed by atoms with Crippen molar-refractivity contribution in [1.29, 1.82) is 0 Å². The molecule has 1 N–H and O–H groups in total. The summed E-state index contributed by atoms with van der Waals surface area (Å²) in [6.45, 7) is 7.81. The molecule has 0 aliphatic heterocycles. The molecule has 0 radical (unpaired) electrons. The average Bonchev–Trinajstić information content (AvgIpc) is 3.03. The lowest BCUT2D eigenvalue weighted by molar-refractivity contribution is -0.116. The van der Waals surface area contributed by atoms with Crippen LogP contribution in [-0.2, 0) is 4.79 Å². The molecule has 26 heavy (non-hydrogen) atoms. The topological polar surface area (TPSA) is 68.0 Å². The highest BCUT2D eigenvalue weighted by atomic mass is 16.4. The van der Waals surface area contributed by atoms with Crippen LogP contribution in [0, 0.1) is 27.7 Å². The van der Waals surface area contributed by atoms with E-state index in [9.17, 15) is 4.79 Å². The highest BCUT2D eigenvalue weighted by Crippen LogP contribution is 2.28. The molecule has 0 aliphatic rings. The summed E-state index contributed by atoms with van der Waals surface area (Å²) in [4.78, 5) is 12.8. The van der Waals surface area contributed by atoms with Gasteiger partial charge in [0.15, 0.2) is 0 Å². The number of carbonyl (C=O) groups excluding carboxylic acids is 1. The first-order valence-electron chi connectivity index (χ1n) is 8.66. The molecule has 1 amide bonds. The van der Waals surface area contributed by atoms with Crippen LogP contribution in [0.4, 0.5) is 5.69 Å². The Bertz CT molecular complexity index is 893. The number of hydrogen-bond donors (Lipinski definition) is 1. The number of nitrogens with one attached hydrogen (secondary N) is 1. The van der Waals surface area contributed by atoms with Gasteiger partial charge in [-0.1, -0.05) is 48.0 Å². The maximum Gasteiger partial charge on any atom is 0.225 e. The number of aryl methyl sites for hydroxylation is 4. The third-order valence-corrected chi connectivity index (χ3v) is 4.37. The third kappa shape index (κ3) is 3.99. The molecule has 1 aromatic heterocycles. The van der Waals surface area contributed by atoms with E-state index in [2.05, 4.69) is 34.6 Å². The minimum Gasteiger partial charge on any atom is -0.425 e. The van der Waals surface area contributed by atoms with Gasteiger partial charge in [0.1, 0.15) is 0 Å². The summed E-state index contributed by atoms with van der Waals surface area (Å²) in [5.41, 5.74) is 5.14. The Hall–Kier alpha value is -2.95. The maximum absolute atomic E-state index is 12.8. The van der Waals surface area contributed by atoms with E-state index in [1.54, 1.807) is 6.92 Å². The van der Waals surface area contributed by atoms with Gasteiger partial charge >= 0.3 is 0 Å². The molecule has 0 fully saturated rings. The number of nitrogens with zero attached hydrogens (tertiary/aromatic N) is 2. The summed E-state index contributed by atoms with van der Waals surface area (Å²) in [5, 5.41) is 11.1. The van der Waals surface area contributed by atoms with E-state index < -0.39 is 0 Å². The monoisotopic (exact) mass is 349 g/mol. The number of aromatic nitrogens is 2. The second-order valence-electron chi connectivity index (χ2n) is 6.65. The second kappa shape index (κ2) is 7.52. The predicted octanol–water partition coefficient (Wildman–Crippen LogP) is 4.46. The van der Waals surface area contributed by atoms with Crippen LogP contribution in [0.5, 0.6) is 0 Å². The molecular formula is C21H23N3O2. The van der Waals surface area contributed by atoms with Crippen molar-refractivity contribution in [1.82, 2.24) is 10.2 Å². The van der Waals surface area contributed by atoms with Crippen molar-refractivity contribution in [3.05, 3.63) is 76.5 Å². The van der Waals surface area contributed by atoms with E-state index in [4.69, 9.17) is 4.42 Å². The molecular weight excluding hydrogens is 326 g/mol. The third-order valence-electron chi connectivity index (χ3n) is 4.37. The van der Waals surface area contributed by atoms with Crippen molar-refractivity contribution in [3.8, 4) is 0 Å². The highest BCUT2D eigenvalue weighted by molar-refractivity contribution is 5.93. The van der Waals surface area contributed by atoms with E-state index in [1.807, 2.05) is 44.2 Å². The molecule has 134 valence electrons. The summed E-state index contributed by atoms with van der Waals surface area (Å²) in [7, 11) is 0. The van der Waals surface area contributed by atoms with Crippen molar-refractivity contribution in [2.45, 2.75) is 40.0 Å². The zero-order valence-electron chi connectivity index (χ0n) is 15.5. The normalized spacial score (nSPS) is 12.0. The van der Waals surface area contributed by atoms with Crippen LogP contribution >= 0.6 is 0 Å². The number of benzene rings is 2. The number of hydrogen-bond acceptors (Lipinski definition) is 4. The van der Waals surface area contributed by atoms with E-state index in [1.165, 1.54) is 5.56 Å². The zero-order valence-corrected chi connectivity index (χ0v) is 15.5. The van der Waals surface area contributed by atoms with Crippen molar-refractivity contribution < 1.29 is 9.21 Å². The molecule has 1 atom stereocenters. The summed E-state index contributed by atoms with van der Waals surface area (Å²) in [6.07, 6.45) is 0.235. The lowest BCUT2D eigenvalue weighted by Gasteiger charge is -2.16. The summed E-state index contributed by atoms with van der Waals surface area (Å²) >= 11 is 0. The fourth-order valence-corrected chi connectivity index (χ4v) is 3.24. The van der Waals surface area contributed by atoms with Crippen molar-refractivity contribution >= 4 is 11.6 Å². The number of rotatable bonds is 5. The first-order valence-corrected chi connectivity index (χ1v) is 8.66. The fraction of sp³-hybridized carbons (Fsp3) is 0.286. The molecule has 0 saturated heterocycles. The molecule has 0 bridgehead atoms. The largest absolute Gasteiger partial charge is 0.425 e. The van der Waals surface area contributed by atoms with E-state index in [0.29, 0.717) is 11.8 Å². The van der Waals surface area contributed by atoms with Gasteiger partial charge in [0.25, 0.3) is 0 Å².